The van der Waals surface area contributed by atoms with Crippen LogP contribution in [0.15, 0.2) is 53.9 Å². The standard InChI is InChI=1S/C20H18ClNO5/c1-25-16-5-3-4-13-14(10-15(23)11-6-8-12(21)9-7-11)17(20(24)26-2)19(22)27-18(13)16/h3-9,14H,10,22H2,1-2H3. The molecule has 0 aromatic heterocycles. The van der Waals surface area contributed by atoms with E-state index in [0.717, 1.165) is 0 Å². The predicted octanol–water partition coefficient (Wildman–Crippen LogP) is 3.44. The van der Waals surface area contributed by atoms with Crippen molar-refractivity contribution in [2.24, 2.45) is 5.73 Å². The monoisotopic (exact) mass is 387 g/mol. The van der Waals surface area contributed by atoms with Crippen molar-refractivity contribution in [1.82, 2.24) is 0 Å². The summed E-state index contributed by atoms with van der Waals surface area (Å²) >= 11 is 5.88. The third kappa shape index (κ3) is 3.61. The first-order valence-corrected chi connectivity index (χ1v) is 8.55. The smallest absolute Gasteiger partial charge is 0.339 e. The number of esters is 1. The maximum absolute atomic E-state index is 12.8. The number of halogens is 1. The maximum Gasteiger partial charge on any atom is 0.339 e. The van der Waals surface area contributed by atoms with Gasteiger partial charge in [0.2, 0.25) is 5.88 Å². The van der Waals surface area contributed by atoms with Gasteiger partial charge in [0.25, 0.3) is 0 Å². The molecule has 0 saturated heterocycles. The Balaban J connectivity index is 2.05. The number of ether oxygens (including phenoxy) is 3. The molecule has 2 aromatic carbocycles. The molecule has 1 unspecified atom stereocenters. The Morgan fingerprint density at radius 2 is 1.85 bits per heavy atom. The van der Waals surface area contributed by atoms with E-state index in [1.807, 2.05) is 0 Å². The van der Waals surface area contributed by atoms with Gasteiger partial charge >= 0.3 is 5.97 Å². The number of ketones is 1. The van der Waals surface area contributed by atoms with Gasteiger partial charge in [-0.2, -0.15) is 0 Å². The molecule has 7 heteroatoms. The van der Waals surface area contributed by atoms with Crippen molar-refractivity contribution < 1.29 is 23.8 Å². The highest BCUT2D eigenvalue weighted by Gasteiger charge is 2.36. The molecule has 1 heterocycles. The molecule has 0 bridgehead atoms. The van der Waals surface area contributed by atoms with Crippen LogP contribution in [0.2, 0.25) is 5.02 Å². The quantitative estimate of drug-likeness (QED) is 0.624. The molecule has 0 radical (unpaired) electrons. The van der Waals surface area contributed by atoms with Gasteiger partial charge in [-0.25, -0.2) is 4.79 Å². The fraction of sp³-hybridized carbons (Fsp3) is 0.200. The lowest BCUT2D eigenvalue weighted by molar-refractivity contribution is -0.136. The Labute approximate surface area is 161 Å². The van der Waals surface area contributed by atoms with Crippen LogP contribution in [-0.4, -0.2) is 26.0 Å². The number of carbonyl (C=O) groups excluding carboxylic acids is 2. The molecule has 3 rings (SSSR count). The number of nitrogens with two attached hydrogens (primary N) is 1. The minimum absolute atomic E-state index is 0.0102. The van der Waals surface area contributed by atoms with Gasteiger partial charge in [0.15, 0.2) is 17.3 Å². The molecule has 2 N–H and O–H groups in total. The number of benzene rings is 2. The van der Waals surface area contributed by atoms with E-state index >= 15 is 0 Å². The summed E-state index contributed by atoms with van der Waals surface area (Å²) in [6.45, 7) is 0. The SMILES string of the molecule is COC(=O)C1=C(N)Oc2c(OC)cccc2C1CC(=O)c1ccc(Cl)cc1. The van der Waals surface area contributed by atoms with Gasteiger partial charge in [-0.05, 0) is 30.3 Å². The number of Topliss-reactive ketones (excluding diaryl/α,β-unsaturated/α-hetero) is 1. The third-order valence-corrected chi connectivity index (χ3v) is 4.64. The highest BCUT2D eigenvalue weighted by molar-refractivity contribution is 6.30. The Morgan fingerprint density at radius 1 is 1.15 bits per heavy atom. The van der Waals surface area contributed by atoms with Gasteiger partial charge < -0.3 is 19.9 Å². The molecule has 1 atom stereocenters. The summed E-state index contributed by atoms with van der Waals surface area (Å²) in [5.74, 6) is -0.689. The lowest BCUT2D eigenvalue weighted by Gasteiger charge is -2.28. The Morgan fingerprint density at radius 3 is 2.48 bits per heavy atom. The van der Waals surface area contributed by atoms with Crippen LogP contribution in [0.5, 0.6) is 11.5 Å². The van der Waals surface area contributed by atoms with E-state index in [2.05, 4.69) is 0 Å². The van der Waals surface area contributed by atoms with Crippen molar-refractivity contribution in [2.45, 2.75) is 12.3 Å². The molecule has 0 saturated carbocycles. The van der Waals surface area contributed by atoms with Crippen molar-refractivity contribution >= 4 is 23.4 Å². The van der Waals surface area contributed by atoms with Crippen LogP contribution in [0.1, 0.15) is 28.3 Å². The zero-order valence-corrected chi connectivity index (χ0v) is 15.6. The van der Waals surface area contributed by atoms with Crippen LogP contribution in [-0.2, 0) is 9.53 Å². The Bertz CT molecular complexity index is 920. The number of rotatable bonds is 5. The van der Waals surface area contributed by atoms with Crippen LogP contribution in [0, 0.1) is 0 Å². The second-order valence-electron chi connectivity index (χ2n) is 5.94. The summed E-state index contributed by atoms with van der Waals surface area (Å²) in [5.41, 5.74) is 7.22. The molecule has 6 nitrogen and oxygen atoms in total. The molecule has 2 aromatic rings. The second kappa shape index (κ2) is 7.72. The van der Waals surface area contributed by atoms with Crippen molar-refractivity contribution in [3.05, 3.63) is 70.1 Å². The Hall–Kier alpha value is -2.99. The highest BCUT2D eigenvalue weighted by Crippen LogP contribution is 2.45. The summed E-state index contributed by atoms with van der Waals surface area (Å²) in [6, 6.07) is 11.8. The fourth-order valence-electron chi connectivity index (χ4n) is 3.07. The van der Waals surface area contributed by atoms with Crippen molar-refractivity contribution in [1.29, 1.82) is 0 Å². The number of methoxy groups -OCH3 is 2. The van der Waals surface area contributed by atoms with Gasteiger partial charge in [-0.3, -0.25) is 4.79 Å². The zero-order valence-electron chi connectivity index (χ0n) is 14.8. The highest BCUT2D eigenvalue weighted by atomic mass is 35.5. The van der Waals surface area contributed by atoms with E-state index in [0.29, 0.717) is 27.6 Å². The molecule has 1 aliphatic heterocycles. The van der Waals surface area contributed by atoms with Crippen LogP contribution in [0.4, 0.5) is 0 Å². The van der Waals surface area contributed by atoms with Gasteiger partial charge in [0.05, 0.1) is 14.2 Å². The summed E-state index contributed by atoms with van der Waals surface area (Å²) in [5, 5.41) is 0.534. The number of para-hydroxylation sites is 1. The largest absolute Gasteiger partial charge is 0.493 e. The van der Waals surface area contributed by atoms with E-state index in [-0.39, 0.29) is 23.7 Å². The molecule has 140 valence electrons. The number of carbonyl (C=O) groups is 2. The zero-order chi connectivity index (χ0) is 19.6. The summed E-state index contributed by atoms with van der Waals surface area (Å²) in [6.07, 6.45) is 0.0102. The molecule has 1 aliphatic rings. The van der Waals surface area contributed by atoms with E-state index in [1.54, 1.807) is 42.5 Å². The van der Waals surface area contributed by atoms with E-state index < -0.39 is 11.9 Å². The number of fused-ring (bicyclic) bond motifs is 1. The first-order valence-electron chi connectivity index (χ1n) is 8.17. The van der Waals surface area contributed by atoms with E-state index in [4.69, 9.17) is 31.5 Å². The summed E-state index contributed by atoms with van der Waals surface area (Å²) in [4.78, 5) is 25.1. The first-order chi connectivity index (χ1) is 13.0. The minimum atomic E-state index is -0.644. The summed E-state index contributed by atoms with van der Waals surface area (Å²) in [7, 11) is 2.75. The maximum atomic E-state index is 12.8. The molecule has 0 spiro atoms. The van der Waals surface area contributed by atoms with Gasteiger partial charge in [0, 0.05) is 28.5 Å². The molecule has 0 fully saturated rings. The van der Waals surface area contributed by atoms with E-state index in [9.17, 15) is 9.59 Å². The van der Waals surface area contributed by atoms with E-state index in [1.165, 1.54) is 14.2 Å². The molecule has 0 aliphatic carbocycles. The topological polar surface area (TPSA) is 87.8 Å². The van der Waals surface area contributed by atoms with Crippen LogP contribution < -0.4 is 15.2 Å². The van der Waals surface area contributed by atoms with Crippen molar-refractivity contribution in [3.8, 4) is 11.5 Å². The minimum Gasteiger partial charge on any atom is -0.493 e. The second-order valence-corrected chi connectivity index (χ2v) is 6.37. The molecular weight excluding hydrogens is 370 g/mol. The van der Waals surface area contributed by atoms with Crippen LogP contribution >= 0.6 is 11.6 Å². The third-order valence-electron chi connectivity index (χ3n) is 4.39. The van der Waals surface area contributed by atoms with Crippen molar-refractivity contribution in [3.63, 3.8) is 0 Å². The van der Waals surface area contributed by atoms with Crippen LogP contribution in [0.25, 0.3) is 0 Å². The first kappa shape index (κ1) is 18.8. The van der Waals surface area contributed by atoms with Crippen molar-refractivity contribution in [2.75, 3.05) is 14.2 Å². The molecule has 27 heavy (non-hydrogen) atoms. The normalized spacial score (nSPS) is 15.6. The summed E-state index contributed by atoms with van der Waals surface area (Å²) < 4.78 is 15.8. The van der Waals surface area contributed by atoms with Crippen LogP contribution in [0.3, 0.4) is 0 Å². The fourth-order valence-corrected chi connectivity index (χ4v) is 3.20. The van der Waals surface area contributed by atoms with Gasteiger partial charge in [0.1, 0.15) is 5.57 Å². The Kier molecular flexibility index (Phi) is 5.37. The van der Waals surface area contributed by atoms with Gasteiger partial charge in [-0.15, -0.1) is 0 Å². The lowest BCUT2D eigenvalue weighted by atomic mass is 9.83. The predicted molar refractivity (Wildman–Crippen MR) is 100.0 cm³/mol. The average molecular weight is 388 g/mol. The average Bonchev–Trinajstić information content (AvgIpc) is 2.67. The number of hydrogen-bond donors (Lipinski definition) is 1. The molecular formula is C20H18ClNO5. The lowest BCUT2D eigenvalue weighted by Crippen LogP contribution is -2.28. The number of hydrogen-bond acceptors (Lipinski definition) is 6. The molecule has 0 amide bonds. The van der Waals surface area contributed by atoms with Gasteiger partial charge in [-0.1, -0.05) is 23.7 Å².